The summed E-state index contributed by atoms with van der Waals surface area (Å²) in [6, 6.07) is 9.91. The zero-order valence-electron chi connectivity index (χ0n) is 14.8. The molecule has 0 radical (unpaired) electrons. The number of aryl methyl sites for hydroxylation is 1. The molecule has 0 aliphatic carbocycles. The van der Waals surface area contributed by atoms with Crippen LogP contribution in [0.1, 0.15) is 32.7 Å². The largest absolute Gasteiger partial charge is 0.459 e. The molecule has 2 aromatic heterocycles. The second kappa shape index (κ2) is 7.03. The first-order chi connectivity index (χ1) is 13.1. The third-order valence-electron chi connectivity index (χ3n) is 4.35. The van der Waals surface area contributed by atoms with Gasteiger partial charge in [0.2, 0.25) is 0 Å². The van der Waals surface area contributed by atoms with Gasteiger partial charge < -0.3 is 14.6 Å². The van der Waals surface area contributed by atoms with Crippen LogP contribution < -0.4 is 5.32 Å². The topological polar surface area (TPSA) is 86.1 Å². The molecular weight excluding hydrogens is 344 g/mol. The fraction of sp³-hybridized carbons (Fsp3) is 0.200. The van der Waals surface area contributed by atoms with Crippen molar-refractivity contribution >= 4 is 17.7 Å². The molecule has 1 N–H and O–H groups in total. The summed E-state index contributed by atoms with van der Waals surface area (Å²) in [4.78, 5) is 32.3. The minimum absolute atomic E-state index is 0.134. The number of aromatic nitrogens is 3. The molecule has 0 unspecified atom stereocenters. The van der Waals surface area contributed by atoms with E-state index in [0.717, 1.165) is 11.1 Å². The number of nitrogens with zero attached hydrogens (tertiary/aromatic N) is 3. The summed E-state index contributed by atoms with van der Waals surface area (Å²) in [7, 11) is 0. The van der Waals surface area contributed by atoms with Crippen LogP contribution in [0.25, 0.3) is 0 Å². The second-order valence-electron chi connectivity index (χ2n) is 6.54. The van der Waals surface area contributed by atoms with Gasteiger partial charge in [0.05, 0.1) is 24.0 Å². The van der Waals surface area contributed by atoms with Crippen LogP contribution in [0.5, 0.6) is 0 Å². The summed E-state index contributed by atoms with van der Waals surface area (Å²) in [6.07, 6.45) is 5.08. The average molecular weight is 362 g/mol. The fourth-order valence-electron chi connectivity index (χ4n) is 3.02. The number of rotatable bonds is 4. The molecule has 0 saturated carbocycles. The van der Waals surface area contributed by atoms with Crippen LogP contribution in [0.4, 0.5) is 5.82 Å². The number of imidazole rings is 1. The van der Waals surface area contributed by atoms with Gasteiger partial charge in [-0.15, -0.1) is 0 Å². The highest BCUT2D eigenvalue weighted by atomic mass is 16.5. The molecule has 3 heterocycles. The van der Waals surface area contributed by atoms with Crippen LogP contribution >= 0.6 is 0 Å². The van der Waals surface area contributed by atoms with Crippen molar-refractivity contribution in [2.75, 3.05) is 5.32 Å². The molecule has 1 aromatic carbocycles. The van der Waals surface area contributed by atoms with Gasteiger partial charge in [-0.2, -0.15) is 0 Å². The second-order valence-corrected chi connectivity index (χ2v) is 6.54. The van der Waals surface area contributed by atoms with Crippen LogP contribution in [0.3, 0.4) is 0 Å². The molecule has 7 nitrogen and oxygen atoms in total. The molecule has 7 heteroatoms. The normalized spacial score (nSPS) is 13.0. The van der Waals surface area contributed by atoms with E-state index >= 15 is 0 Å². The summed E-state index contributed by atoms with van der Waals surface area (Å²) < 4.78 is 6.85. The molecule has 136 valence electrons. The van der Waals surface area contributed by atoms with Gasteiger partial charge in [-0.25, -0.2) is 4.98 Å². The summed E-state index contributed by atoms with van der Waals surface area (Å²) in [5.41, 5.74) is 4.16. The number of pyridine rings is 1. The van der Waals surface area contributed by atoms with E-state index in [2.05, 4.69) is 40.4 Å². The van der Waals surface area contributed by atoms with Crippen molar-refractivity contribution < 1.29 is 14.3 Å². The Morgan fingerprint density at radius 2 is 2.19 bits per heavy atom. The van der Waals surface area contributed by atoms with Crippen molar-refractivity contribution in [1.29, 1.82) is 0 Å². The Bertz CT molecular complexity index is 1030. The highest BCUT2D eigenvalue weighted by Crippen LogP contribution is 2.17. The molecule has 3 aromatic rings. The van der Waals surface area contributed by atoms with Crippen molar-refractivity contribution in [3.05, 3.63) is 77.0 Å². The number of hydrogen-bond acceptors (Lipinski definition) is 5. The van der Waals surface area contributed by atoms with Gasteiger partial charge in [0.25, 0.3) is 5.91 Å². The number of amides is 1. The lowest BCUT2D eigenvalue weighted by molar-refractivity contribution is -0.145. The Morgan fingerprint density at radius 3 is 3.04 bits per heavy atom. The van der Waals surface area contributed by atoms with E-state index in [1.54, 1.807) is 18.6 Å². The van der Waals surface area contributed by atoms with Crippen molar-refractivity contribution in [2.45, 2.75) is 26.5 Å². The predicted octanol–water partition coefficient (Wildman–Crippen LogP) is 2.49. The number of benzene rings is 1. The Hall–Kier alpha value is -3.48. The molecule has 0 saturated heterocycles. The van der Waals surface area contributed by atoms with Crippen LogP contribution in [0.15, 0.2) is 49.1 Å². The molecule has 0 fully saturated rings. The Kier molecular flexibility index (Phi) is 4.42. The summed E-state index contributed by atoms with van der Waals surface area (Å²) in [5, 5.41) is 2.77. The number of nitrogens with one attached hydrogen (secondary N) is 1. The number of hydrogen-bond donors (Lipinski definition) is 1. The summed E-state index contributed by atoms with van der Waals surface area (Å²) in [5.74, 6) is -0.161. The first kappa shape index (κ1) is 17.0. The molecule has 0 atom stereocenters. The summed E-state index contributed by atoms with van der Waals surface area (Å²) >= 11 is 0. The van der Waals surface area contributed by atoms with Gasteiger partial charge in [0, 0.05) is 18.9 Å². The fourth-order valence-corrected chi connectivity index (χ4v) is 3.02. The van der Waals surface area contributed by atoms with Crippen LogP contribution in [-0.4, -0.2) is 26.4 Å². The van der Waals surface area contributed by atoms with E-state index in [1.165, 1.54) is 11.8 Å². The molecule has 0 bridgehead atoms. The van der Waals surface area contributed by atoms with E-state index in [9.17, 15) is 9.59 Å². The average Bonchev–Trinajstić information content (AvgIpc) is 3.07. The monoisotopic (exact) mass is 362 g/mol. The van der Waals surface area contributed by atoms with Crippen molar-refractivity contribution in [3.63, 3.8) is 0 Å². The van der Waals surface area contributed by atoms with Crippen LogP contribution in [-0.2, 0) is 29.1 Å². The van der Waals surface area contributed by atoms with Crippen molar-refractivity contribution in [3.8, 4) is 0 Å². The number of anilines is 1. The molecule has 0 spiro atoms. The predicted molar refractivity (Wildman–Crippen MR) is 98.2 cm³/mol. The van der Waals surface area contributed by atoms with Gasteiger partial charge >= 0.3 is 5.97 Å². The van der Waals surface area contributed by atoms with Gasteiger partial charge in [0.1, 0.15) is 6.61 Å². The quantitative estimate of drug-likeness (QED) is 0.721. The van der Waals surface area contributed by atoms with Crippen molar-refractivity contribution in [2.24, 2.45) is 0 Å². The van der Waals surface area contributed by atoms with E-state index < -0.39 is 0 Å². The number of ether oxygens (including phenoxy) is 1. The van der Waals surface area contributed by atoms with E-state index in [1.807, 2.05) is 10.6 Å². The zero-order chi connectivity index (χ0) is 18.8. The smallest absolute Gasteiger partial charge is 0.310 e. The Balaban J connectivity index is 1.45. The number of fused-ring (bicyclic) bond motifs is 1. The molecular formula is C20H18N4O3. The number of carbonyl (C=O) groups excluding carboxylic acids is 2. The maximum Gasteiger partial charge on any atom is 0.310 e. The zero-order valence-corrected chi connectivity index (χ0v) is 14.8. The van der Waals surface area contributed by atoms with Gasteiger partial charge in [-0.05, 0) is 24.1 Å². The Morgan fingerprint density at radius 1 is 1.30 bits per heavy atom. The van der Waals surface area contributed by atoms with Crippen LogP contribution in [0, 0.1) is 6.92 Å². The minimum Gasteiger partial charge on any atom is -0.459 e. The standard InChI is InChI=1S/C20H18N4O3/c1-13-3-2-4-14(5-13)9-24-10-18(22-12-24)23-20(26)16-6-15-7-19(25)27-11-17(15)21-8-16/h2-6,8,10,12H,7,9,11H2,1H3,(H,23,26). The number of cyclic esters (lactones) is 1. The first-order valence-corrected chi connectivity index (χ1v) is 8.59. The lowest BCUT2D eigenvalue weighted by Crippen LogP contribution is -2.20. The molecule has 1 amide bonds. The summed E-state index contributed by atoms with van der Waals surface area (Å²) in [6.45, 7) is 2.88. The van der Waals surface area contributed by atoms with Crippen LogP contribution in [0.2, 0.25) is 0 Å². The number of esters is 1. The minimum atomic E-state index is -0.315. The Labute approximate surface area is 156 Å². The SMILES string of the molecule is Cc1cccc(Cn2cnc(NC(=O)c3cnc4c(c3)CC(=O)OC4)c2)c1. The van der Waals surface area contributed by atoms with Crippen molar-refractivity contribution in [1.82, 2.24) is 14.5 Å². The lowest BCUT2D eigenvalue weighted by atomic mass is 10.1. The highest BCUT2D eigenvalue weighted by Gasteiger charge is 2.20. The highest BCUT2D eigenvalue weighted by molar-refractivity contribution is 6.03. The van der Waals surface area contributed by atoms with E-state index in [0.29, 0.717) is 23.6 Å². The first-order valence-electron chi connectivity index (χ1n) is 8.59. The van der Waals surface area contributed by atoms with Gasteiger partial charge in [-0.3, -0.25) is 14.6 Å². The van der Waals surface area contributed by atoms with E-state index in [4.69, 9.17) is 4.74 Å². The van der Waals surface area contributed by atoms with Gasteiger partial charge in [0.15, 0.2) is 5.82 Å². The lowest BCUT2D eigenvalue weighted by Gasteiger charge is -2.15. The third kappa shape index (κ3) is 3.87. The van der Waals surface area contributed by atoms with Gasteiger partial charge in [-0.1, -0.05) is 29.8 Å². The van der Waals surface area contributed by atoms with E-state index in [-0.39, 0.29) is 24.9 Å². The molecule has 1 aliphatic rings. The molecule has 27 heavy (non-hydrogen) atoms. The number of carbonyl (C=O) groups is 2. The molecule has 4 rings (SSSR count). The molecule has 1 aliphatic heterocycles. The maximum atomic E-state index is 12.5. The third-order valence-corrected chi connectivity index (χ3v) is 4.35. The maximum absolute atomic E-state index is 12.5.